The molecule has 6 heteroatoms. The summed E-state index contributed by atoms with van der Waals surface area (Å²) in [6.07, 6.45) is 2.85. The number of sulfonamides is 1. The Bertz CT molecular complexity index is 935. The number of methoxy groups -OCH3 is 1. The Morgan fingerprint density at radius 2 is 1.79 bits per heavy atom. The highest BCUT2D eigenvalue weighted by Crippen LogP contribution is 2.36. The molecule has 0 bridgehead atoms. The first-order valence-electron chi connectivity index (χ1n) is 9.61. The fraction of sp³-hybridized carbons (Fsp3) is 0.409. The van der Waals surface area contributed by atoms with Gasteiger partial charge in [-0.1, -0.05) is 42.8 Å². The Morgan fingerprint density at radius 3 is 2.43 bits per heavy atom. The normalized spacial score (nSPS) is 19.7. The summed E-state index contributed by atoms with van der Waals surface area (Å²) in [5.74, 6) is -0.173. The first kappa shape index (κ1) is 20.6. The van der Waals surface area contributed by atoms with Gasteiger partial charge >= 0.3 is 5.97 Å². The van der Waals surface area contributed by atoms with Gasteiger partial charge in [-0.15, -0.1) is 0 Å². The molecule has 5 nitrogen and oxygen atoms in total. The molecule has 1 fully saturated rings. The van der Waals surface area contributed by atoms with Gasteiger partial charge in [0.1, 0.15) is 0 Å². The van der Waals surface area contributed by atoms with Crippen molar-refractivity contribution in [3.63, 3.8) is 0 Å². The van der Waals surface area contributed by atoms with Crippen LogP contribution >= 0.6 is 0 Å². The van der Waals surface area contributed by atoms with E-state index in [1.807, 2.05) is 30.3 Å². The maximum Gasteiger partial charge on any atom is 0.337 e. The number of carbonyl (C=O) groups excluding carboxylic acids is 1. The van der Waals surface area contributed by atoms with Crippen LogP contribution in [0.25, 0.3) is 11.1 Å². The number of hydrogen-bond donors (Lipinski definition) is 1. The molecule has 0 radical (unpaired) electrons. The van der Waals surface area contributed by atoms with E-state index in [1.54, 1.807) is 19.9 Å². The van der Waals surface area contributed by atoms with E-state index in [1.165, 1.54) is 7.11 Å². The Kier molecular flexibility index (Phi) is 6.20. The highest BCUT2D eigenvalue weighted by Gasteiger charge is 2.32. The van der Waals surface area contributed by atoms with Crippen molar-refractivity contribution in [1.82, 2.24) is 4.72 Å². The maximum absolute atomic E-state index is 12.3. The maximum atomic E-state index is 12.3. The van der Waals surface area contributed by atoms with E-state index in [9.17, 15) is 13.2 Å². The van der Waals surface area contributed by atoms with Crippen LogP contribution in [0.4, 0.5) is 0 Å². The van der Waals surface area contributed by atoms with Gasteiger partial charge < -0.3 is 4.74 Å². The van der Waals surface area contributed by atoms with Crippen LogP contribution in [0.2, 0.25) is 0 Å². The lowest BCUT2D eigenvalue weighted by Gasteiger charge is -2.23. The number of benzene rings is 2. The lowest BCUT2D eigenvalue weighted by atomic mass is 9.92. The number of ether oxygens (including phenoxy) is 1. The lowest BCUT2D eigenvalue weighted by molar-refractivity contribution is 0.0601. The zero-order chi connectivity index (χ0) is 20.3. The summed E-state index contributed by atoms with van der Waals surface area (Å²) in [4.78, 5) is 11.7. The molecule has 0 amide bonds. The van der Waals surface area contributed by atoms with Gasteiger partial charge in [0.05, 0.1) is 17.9 Å². The summed E-state index contributed by atoms with van der Waals surface area (Å²) in [7, 11) is -1.91. The van der Waals surface area contributed by atoms with Gasteiger partial charge in [-0.3, -0.25) is 0 Å². The Morgan fingerprint density at radius 1 is 1.07 bits per heavy atom. The van der Waals surface area contributed by atoms with Crippen LogP contribution in [0.1, 0.15) is 54.9 Å². The monoisotopic (exact) mass is 401 g/mol. The fourth-order valence-electron chi connectivity index (χ4n) is 3.71. The second kappa shape index (κ2) is 8.45. The zero-order valence-corrected chi connectivity index (χ0v) is 17.3. The molecule has 1 aliphatic rings. The van der Waals surface area contributed by atoms with Gasteiger partial charge in [0, 0.05) is 12.0 Å². The molecule has 0 aliphatic heterocycles. The van der Waals surface area contributed by atoms with Crippen LogP contribution in [-0.4, -0.2) is 32.8 Å². The van der Waals surface area contributed by atoms with Gasteiger partial charge in [-0.05, 0) is 55.5 Å². The number of nitrogens with one attached hydrogen (secondary N) is 1. The van der Waals surface area contributed by atoms with Crippen LogP contribution in [0.3, 0.4) is 0 Å². The van der Waals surface area contributed by atoms with Crippen LogP contribution in [-0.2, 0) is 14.8 Å². The van der Waals surface area contributed by atoms with Crippen LogP contribution in [0, 0.1) is 0 Å². The average molecular weight is 402 g/mol. The summed E-state index contributed by atoms with van der Waals surface area (Å²) in [6.45, 7) is 3.40. The standard InChI is InChI=1S/C22H27NO4S/c1-15(2)28(25,26)23-21-9-5-8-20(21)17-12-10-16(11-13-17)18-6-4-7-19(14-18)22(24)27-3/h4,6-7,10-15,20-21,23H,5,8-9H2,1-3H3/t20-,21-/m0/s1. The highest BCUT2D eigenvalue weighted by molar-refractivity contribution is 7.90. The van der Waals surface area contributed by atoms with E-state index in [0.717, 1.165) is 36.0 Å². The highest BCUT2D eigenvalue weighted by atomic mass is 32.2. The molecule has 0 heterocycles. The van der Waals surface area contributed by atoms with Crippen LogP contribution in [0.15, 0.2) is 48.5 Å². The Balaban J connectivity index is 1.80. The van der Waals surface area contributed by atoms with Crippen molar-refractivity contribution in [1.29, 1.82) is 0 Å². The predicted octanol–water partition coefficient (Wildman–Crippen LogP) is 4.10. The molecule has 2 atom stereocenters. The average Bonchev–Trinajstić information content (AvgIpc) is 3.14. The molecule has 2 aromatic rings. The molecule has 0 spiro atoms. The Labute approximate surface area is 167 Å². The summed E-state index contributed by atoms with van der Waals surface area (Å²) < 4.78 is 32.2. The van der Waals surface area contributed by atoms with Crippen molar-refractivity contribution in [3.8, 4) is 11.1 Å². The molecule has 150 valence electrons. The molecule has 0 aromatic heterocycles. The molecule has 1 saturated carbocycles. The van der Waals surface area contributed by atoms with Crippen molar-refractivity contribution in [2.45, 2.75) is 50.3 Å². The number of hydrogen-bond acceptors (Lipinski definition) is 4. The molecular formula is C22H27NO4S. The van der Waals surface area contributed by atoms with Crippen LogP contribution in [0.5, 0.6) is 0 Å². The SMILES string of the molecule is COC(=O)c1cccc(-c2ccc([C@@H]3CCC[C@@H]3NS(=O)(=O)C(C)C)cc2)c1. The molecule has 0 unspecified atom stereocenters. The first-order valence-corrected chi connectivity index (χ1v) is 11.2. The molecule has 2 aromatic carbocycles. The molecule has 1 N–H and O–H groups in total. The predicted molar refractivity (Wildman–Crippen MR) is 111 cm³/mol. The van der Waals surface area contributed by atoms with Gasteiger partial charge in [0.2, 0.25) is 10.0 Å². The summed E-state index contributed by atoms with van der Waals surface area (Å²) in [6, 6.07) is 15.5. The number of rotatable bonds is 6. The minimum atomic E-state index is -3.28. The second-order valence-corrected chi connectivity index (χ2v) is 9.82. The lowest BCUT2D eigenvalue weighted by Crippen LogP contribution is -2.40. The van der Waals surface area contributed by atoms with Crippen LogP contribution < -0.4 is 4.72 Å². The smallest absolute Gasteiger partial charge is 0.337 e. The van der Waals surface area contributed by atoms with Gasteiger partial charge in [-0.2, -0.15) is 0 Å². The molecule has 28 heavy (non-hydrogen) atoms. The number of carbonyl (C=O) groups is 1. The van der Waals surface area contributed by atoms with Crippen molar-refractivity contribution in [2.24, 2.45) is 0 Å². The molecule has 0 saturated heterocycles. The molecule has 1 aliphatic carbocycles. The van der Waals surface area contributed by atoms with Crippen molar-refractivity contribution >= 4 is 16.0 Å². The zero-order valence-electron chi connectivity index (χ0n) is 16.5. The van der Waals surface area contributed by atoms with E-state index < -0.39 is 15.3 Å². The van der Waals surface area contributed by atoms with E-state index in [0.29, 0.717) is 5.56 Å². The third-order valence-corrected chi connectivity index (χ3v) is 7.28. The summed E-state index contributed by atoms with van der Waals surface area (Å²) >= 11 is 0. The quantitative estimate of drug-likeness (QED) is 0.740. The van der Waals surface area contributed by atoms with Crippen molar-refractivity contribution < 1.29 is 17.9 Å². The largest absolute Gasteiger partial charge is 0.465 e. The fourth-order valence-corrected chi connectivity index (χ4v) is 4.69. The van der Waals surface area contributed by atoms with E-state index in [-0.39, 0.29) is 17.9 Å². The summed E-state index contributed by atoms with van der Waals surface area (Å²) in [5.41, 5.74) is 3.61. The topological polar surface area (TPSA) is 72.5 Å². The number of esters is 1. The molecular weight excluding hydrogens is 374 g/mol. The molecule has 3 rings (SSSR count). The third-order valence-electron chi connectivity index (χ3n) is 5.41. The van der Waals surface area contributed by atoms with Gasteiger partial charge in [-0.25, -0.2) is 17.9 Å². The summed E-state index contributed by atoms with van der Waals surface area (Å²) in [5, 5.41) is -0.432. The van der Waals surface area contributed by atoms with E-state index in [4.69, 9.17) is 4.74 Å². The van der Waals surface area contributed by atoms with Crippen molar-refractivity contribution in [2.75, 3.05) is 7.11 Å². The Hall–Kier alpha value is -2.18. The minimum absolute atomic E-state index is 0.0547. The minimum Gasteiger partial charge on any atom is -0.465 e. The first-order chi connectivity index (χ1) is 13.3. The third kappa shape index (κ3) is 4.45. The van der Waals surface area contributed by atoms with E-state index in [2.05, 4.69) is 16.9 Å². The van der Waals surface area contributed by atoms with Gasteiger partial charge in [0.25, 0.3) is 0 Å². The second-order valence-electron chi connectivity index (χ2n) is 7.55. The van der Waals surface area contributed by atoms with E-state index >= 15 is 0 Å². The van der Waals surface area contributed by atoms with Gasteiger partial charge in [0.15, 0.2) is 0 Å². The van der Waals surface area contributed by atoms with Crippen molar-refractivity contribution in [3.05, 3.63) is 59.7 Å².